The molecule has 7 heteroatoms. The van der Waals surface area contributed by atoms with Crippen LogP contribution in [0.4, 0.5) is 11.4 Å². The number of rotatable bonds is 10. The van der Waals surface area contributed by atoms with Gasteiger partial charge in [-0.25, -0.2) is 0 Å². The quantitative estimate of drug-likeness (QED) is 0.220. The number of halogens is 1. The Kier molecular flexibility index (Phi) is 8.94. The third kappa shape index (κ3) is 7.21. The van der Waals surface area contributed by atoms with E-state index in [-0.39, 0.29) is 11.8 Å². The molecular weight excluding hydrogens is 532 g/mol. The van der Waals surface area contributed by atoms with Crippen LogP contribution in [0, 0.1) is 0 Å². The summed E-state index contributed by atoms with van der Waals surface area (Å²) in [4.78, 5) is 26.3. The summed E-state index contributed by atoms with van der Waals surface area (Å²) in [5.74, 6) is 0.475. The second-order valence-corrected chi connectivity index (χ2v) is 9.05. The molecule has 0 bridgehead atoms. The monoisotopic (exact) mass is 558 g/mol. The Hall–Kier alpha value is -4.10. The number of ether oxygens (including phenoxy) is 2. The minimum atomic E-state index is -0.377. The molecule has 0 saturated heterocycles. The summed E-state index contributed by atoms with van der Waals surface area (Å²) in [6, 6.07) is 29.3. The molecule has 37 heavy (non-hydrogen) atoms. The van der Waals surface area contributed by atoms with Gasteiger partial charge in [-0.2, -0.15) is 0 Å². The van der Waals surface area contributed by atoms with Crippen LogP contribution < -0.4 is 20.1 Å². The first-order valence-corrected chi connectivity index (χ1v) is 12.7. The summed E-state index contributed by atoms with van der Waals surface area (Å²) < 4.78 is 12.2. The molecule has 0 aliphatic carbocycles. The Balaban J connectivity index is 1.47. The lowest BCUT2D eigenvalue weighted by molar-refractivity contribution is 0.102. The second kappa shape index (κ2) is 12.7. The van der Waals surface area contributed by atoms with E-state index >= 15 is 0 Å². The van der Waals surface area contributed by atoms with Crippen LogP contribution in [0.2, 0.25) is 0 Å². The highest BCUT2D eigenvalue weighted by Gasteiger charge is 2.18. The topological polar surface area (TPSA) is 76.7 Å². The molecule has 2 N–H and O–H groups in total. The van der Waals surface area contributed by atoms with Crippen LogP contribution in [-0.4, -0.2) is 25.0 Å². The van der Waals surface area contributed by atoms with Crippen molar-refractivity contribution in [3.63, 3.8) is 0 Å². The van der Waals surface area contributed by atoms with Crippen molar-refractivity contribution in [2.45, 2.75) is 13.3 Å². The Morgan fingerprint density at radius 2 is 1.46 bits per heavy atom. The van der Waals surface area contributed by atoms with E-state index < -0.39 is 0 Å². The molecule has 4 rings (SSSR count). The molecule has 188 valence electrons. The van der Waals surface area contributed by atoms with E-state index in [1.807, 2.05) is 43.3 Å². The highest BCUT2D eigenvalue weighted by molar-refractivity contribution is 9.10. The van der Waals surface area contributed by atoms with Crippen molar-refractivity contribution in [2.24, 2.45) is 0 Å². The van der Waals surface area contributed by atoms with E-state index in [4.69, 9.17) is 9.47 Å². The zero-order valence-corrected chi connectivity index (χ0v) is 22.0. The molecule has 4 aromatic rings. The summed E-state index contributed by atoms with van der Waals surface area (Å²) >= 11 is 3.44. The van der Waals surface area contributed by atoms with Gasteiger partial charge < -0.3 is 20.1 Å². The number of hydrogen-bond acceptors (Lipinski definition) is 4. The number of carbonyl (C=O) groups excluding carboxylic acids is 2. The third-order valence-corrected chi connectivity index (χ3v) is 6.01. The predicted octanol–water partition coefficient (Wildman–Crippen LogP) is 6.97. The van der Waals surface area contributed by atoms with E-state index in [1.54, 1.807) is 60.7 Å². The fourth-order valence-corrected chi connectivity index (χ4v) is 4.07. The Labute approximate surface area is 224 Å². The number of hydrogen-bond donors (Lipinski definition) is 2. The van der Waals surface area contributed by atoms with Crippen LogP contribution in [-0.2, 0) is 6.42 Å². The lowest BCUT2D eigenvalue weighted by Crippen LogP contribution is -2.19. The number of benzene rings is 4. The van der Waals surface area contributed by atoms with Gasteiger partial charge in [-0.3, -0.25) is 9.59 Å². The first kappa shape index (κ1) is 26.0. The highest BCUT2D eigenvalue weighted by atomic mass is 79.9. The summed E-state index contributed by atoms with van der Waals surface area (Å²) in [6.45, 7) is 2.90. The van der Waals surface area contributed by atoms with Crippen molar-refractivity contribution in [3.8, 4) is 11.5 Å². The van der Waals surface area contributed by atoms with Gasteiger partial charge in [0.15, 0.2) is 0 Å². The minimum Gasteiger partial charge on any atom is -0.494 e. The molecule has 4 aromatic carbocycles. The Morgan fingerprint density at radius 3 is 2.22 bits per heavy atom. The van der Waals surface area contributed by atoms with Gasteiger partial charge in [-0.15, -0.1) is 0 Å². The first-order chi connectivity index (χ1) is 18.0. The lowest BCUT2D eigenvalue weighted by Gasteiger charge is -2.15. The van der Waals surface area contributed by atoms with Gasteiger partial charge in [0.25, 0.3) is 11.8 Å². The molecule has 0 unspecified atom stereocenters. The van der Waals surface area contributed by atoms with Crippen molar-refractivity contribution in [1.29, 1.82) is 0 Å². The van der Waals surface area contributed by atoms with E-state index in [0.717, 1.165) is 15.8 Å². The summed E-state index contributed by atoms with van der Waals surface area (Å²) in [6.07, 6.45) is 0.715. The Morgan fingerprint density at radius 1 is 0.757 bits per heavy atom. The summed E-state index contributed by atoms with van der Waals surface area (Å²) in [5, 5.41) is 5.74. The van der Waals surface area contributed by atoms with Crippen LogP contribution in [0.25, 0.3) is 0 Å². The number of amides is 2. The smallest absolute Gasteiger partial charge is 0.259 e. The van der Waals surface area contributed by atoms with Crippen LogP contribution in [0.3, 0.4) is 0 Å². The molecule has 0 aliphatic rings. The summed E-state index contributed by atoms with van der Waals surface area (Å²) in [5.41, 5.74) is 2.87. The van der Waals surface area contributed by atoms with Gasteiger partial charge >= 0.3 is 0 Å². The molecule has 0 spiro atoms. The normalized spacial score (nSPS) is 10.4. The molecular formula is C30H27BrN2O4. The maximum absolute atomic E-state index is 13.3. The average Bonchev–Trinajstić information content (AvgIpc) is 2.91. The van der Waals surface area contributed by atoms with Crippen molar-refractivity contribution >= 4 is 39.1 Å². The van der Waals surface area contributed by atoms with Crippen molar-refractivity contribution < 1.29 is 19.1 Å². The number of para-hydroxylation sites is 1. The largest absolute Gasteiger partial charge is 0.494 e. The minimum absolute atomic E-state index is 0.339. The van der Waals surface area contributed by atoms with E-state index in [1.165, 1.54) is 0 Å². The van der Waals surface area contributed by atoms with Gasteiger partial charge in [0.2, 0.25) is 0 Å². The molecule has 0 radical (unpaired) electrons. The molecule has 0 atom stereocenters. The standard InChI is InChI=1S/C30H27BrN2O4/c1-2-36-24-15-13-23(14-16-24)32-29(34)25-10-6-7-11-27(25)33-30(35)26-20-22(31)12-17-28(26)37-19-18-21-8-4-3-5-9-21/h3-17,20H,2,18-19H2,1H3,(H,32,34)(H,33,35). The van der Waals surface area contributed by atoms with Crippen LogP contribution in [0.5, 0.6) is 11.5 Å². The zero-order chi connectivity index (χ0) is 26.0. The Bertz CT molecular complexity index is 1360. The highest BCUT2D eigenvalue weighted by Crippen LogP contribution is 2.26. The van der Waals surface area contributed by atoms with Gasteiger partial charge in [-0.1, -0.05) is 58.4 Å². The fourth-order valence-electron chi connectivity index (χ4n) is 3.71. The fraction of sp³-hybridized carbons (Fsp3) is 0.133. The lowest BCUT2D eigenvalue weighted by atomic mass is 10.1. The first-order valence-electron chi connectivity index (χ1n) is 11.9. The molecule has 0 aliphatic heterocycles. The van der Waals surface area contributed by atoms with Crippen LogP contribution >= 0.6 is 15.9 Å². The number of nitrogens with one attached hydrogen (secondary N) is 2. The molecule has 0 saturated carbocycles. The van der Waals surface area contributed by atoms with Crippen LogP contribution in [0.1, 0.15) is 33.2 Å². The van der Waals surface area contributed by atoms with Crippen molar-refractivity contribution in [3.05, 3.63) is 118 Å². The van der Waals surface area contributed by atoms with E-state index in [2.05, 4.69) is 26.6 Å². The summed E-state index contributed by atoms with van der Waals surface area (Å²) in [7, 11) is 0. The molecule has 6 nitrogen and oxygen atoms in total. The predicted molar refractivity (Wildman–Crippen MR) is 150 cm³/mol. The maximum atomic E-state index is 13.3. The van der Waals surface area contributed by atoms with Crippen LogP contribution in [0.15, 0.2) is 102 Å². The van der Waals surface area contributed by atoms with Crippen molar-refractivity contribution in [2.75, 3.05) is 23.8 Å². The number of carbonyl (C=O) groups is 2. The molecule has 0 heterocycles. The van der Waals surface area contributed by atoms with E-state index in [0.29, 0.717) is 47.9 Å². The molecule has 2 amide bonds. The molecule has 0 aromatic heterocycles. The van der Waals surface area contributed by atoms with Gasteiger partial charge in [0, 0.05) is 16.6 Å². The second-order valence-electron chi connectivity index (χ2n) is 8.14. The maximum Gasteiger partial charge on any atom is 0.259 e. The van der Waals surface area contributed by atoms with Gasteiger partial charge in [0.05, 0.1) is 30.0 Å². The SMILES string of the molecule is CCOc1ccc(NC(=O)c2ccccc2NC(=O)c2cc(Br)ccc2OCCc2ccccc2)cc1. The van der Waals surface area contributed by atoms with Gasteiger partial charge in [-0.05, 0) is 67.1 Å². The average molecular weight is 559 g/mol. The van der Waals surface area contributed by atoms with Gasteiger partial charge in [0.1, 0.15) is 11.5 Å². The van der Waals surface area contributed by atoms with Crippen molar-refractivity contribution in [1.82, 2.24) is 0 Å². The van der Waals surface area contributed by atoms with E-state index in [9.17, 15) is 9.59 Å². The number of anilines is 2. The third-order valence-electron chi connectivity index (χ3n) is 5.52. The zero-order valence-electron chi connectivity index (χ0n) is 20.4. The molecule has 0 fully saturated rings.